The molecule has 1 fully saturated rings. The van der Waals surface area contributed by atoms with Crippen LogP contribution >= 0.6 is 0 Å². The van der Waals surface area contributed by atoms with Crippen molar-refractivity contribution in [1.82, 2.24) is 5.32 Å². The average molecular weight is 292 g/mol. The molecule has 2 aromatic carbocycles. The first kappa shape index (κ1) is 15.0. The van der Waals surface area contributed by atoms with Crippen molar-refractivity contribution in [3.8, 4) is 0 Å². The van der Waals surface area contributed by atoms with Crippen molar-refractivity contribution in [2.45, 2.75) is 31.7 Å². The van der Waals surface area contributed by atoms with E-state index in [0.29, 0.717) is 6.04 Å². The SMILES string of the molecule is c1ccc(C2=NCCC2)cc1.c1ccc(C2CCCN2)cc1. The average Bonchev–Trinajstić information content (AvgIpc) is 3.31. The lowest BCUT2D eigenvalue weighted by Crippen LogP contribution is -2.12. The van der Waals surface area contributed by atoms with Crippen LogP contribution in [0.15, 0.2) is 65.7 Å². The second-order valence-electron chi connectivity index (χ2n) is 5.86. The van der Waals surface area contributed by atoms with E-state index in [9.17, 15) is 0 Å². The summed E-state index contributed by atoms with van der Waals surface area (Å²) in [7, 11) is 0. The summed E-state index contributed by atoms with van der Waals surface area (Å²) in [6, 6.07) is 21.7. The van der Waals surface area contributed by atoms with Crippen LogP contribution in [0.1, 0.15) is 42.9 Å². The monoisotopic (exact) mass is 292 g/mol. The first-order valence-electron chi connectivity index (χ1n) is 8.30. The van der Waals surface area contributed by atoms with Gasteiger partial charge in [-0.2, -0.15) is 0 Å². The molecule has 22 heavy (non-hydrogen) atoms. The third-order valence-electron chi connectivity index (χ3n) is 4.24. The Balaban J connectivity index is 0.000000131. The van der Waals surface area contributed by atoms with Gasteiger partial charge in [0, 0.05) is 18.3 Å². The van der Waals surface area contributed by atoms with E-state index in [1.54, 1.807) is 0 Å². The lowest BCUT2D eigenvalue weighted by molar-refractivity contribution is 0.648. The molecule has 0 radical (unpaired) electrons. The zero-order valence-electron chi connectivity index (χ0n) is 13.0. The van der Waals surface area contributed by atoms with Gasteiger partial charge in [-0.15, -0.1) is 0 Å². The molecule has 0 amide bonds. The summed E-state index contributed by atoms with van der Waals surface area (Å²) in [6.45, 7) is 2.20. The number of hydrogen-bond donors (Lipinski definition) is 1. The van der Waals surface area contributed by atoms with Crippen molar-refractivity contribution >= 4 is 5.71 Å². The maximum Gasteiger partial charge on any atom is 0.0421 e. The van der Waals surface area contributed by atoms with Crippen molar-refractivity contribution in [3.05, 3.63) is 71.8 Å². The molecule has 2 aliphatic rings. The van der Waals surface area contributed by atoms with Gasteiger partial charge in [0.1, 0.15) is 0 Å². The minimum Gasteiger partial charge on any atom is -0.310 e. The number of nitrogens with one attached hydrogen (secondary N) is 1. The maximum absolute atomic E-state index is 4.42. The molecule has 0 aliphatic carbocycles. The summed E-state index contributed by atoms with van der Waals surface area (Å²) >= 11 is 0. The van der Waals surface area contributed by atoms with Crippen LogP contribution in [-0.2, 0) is 0 Å². The van der Waals surface area contributed by atoms with E-state index in [2.05, 4.69) is 64.9 Å². The molecule has 1 atom stereocenters. The molecular weight excluding hydrogens is 268 g/mol. The highest BCUT2D eigenvalue weighted by molar-refractivity contribution is 6.01. The van der Waals surface area contributed by atoms with Crippen molar-refractivity contribution in [2.75, 3.05) is 13.1 Å². The molecule has 0 bridgehead atoms. The zero-order valence-corrected chi connectivity index (χ0v) is 13.0. The van der Waals surface area contributed by atoms with Gasteiger partial charge in [0.25, 0.3) is 0 Å². The number of nitrogens with zero attached hydrogens (tertiary/aromatic N) is 1. The minimum absolute atomic E-state index is 0.621. The van der Waals surface area contributed by atoms with E-state index in [1.165, 1.54) is 42.6 Å². The van der Waals surface area contributed by atoms with Gasteiger partial charge >= 0.3 is 0 Å². The maximum atomic E-state index is 4.42. The van der Waals surface area contributed by atoms with Crippen LogP contribution < -0.4 is 5.32 Å². The highest BCUT2D eigenvalue weighted by Crippen LogP contribution is 2.21. The van der Waals surface area contributed by atoms with E-state index in [0.717, 1.165) is 13.0 Å². The molecule has 0 saturated carbocycles. The molecule has 4 rings (SSSR count). The van der Waals surface area contributed by atoms with Gasteiger partial charge in [0.15, 0.2) is 0 Å². The van der Waals surface area contributed by atoms with E-state index in [1.807, 2.05) is 6.07 Å². The first-order chi connectivity index (χ1) is 10.9. The molecule has 2 aliphatic heterocycles. The summed E-state index contributed by atoms with van der Waals surface area (Å²) in [5, 5.41) is 3.47. The Kier molecular flexibility index (Phi) is 5.38. The van der Waals surface area contributed by atoms with Crippen LogP contribution in [0.2, 0.25) is 0 Å². The van der Waals surface area contributed by atoms with E-state index >= 15 is 0 Å². The van der Waals surface area contributed by atoms with Crippen LogP contribution in [0.4, 0.5) is 0 Å². The van der Waals surface area contributed by atoms with Crippen LogP contribution in [0, 0.1) is 0 Å². The Morgan fingerprint density at radius 2 is 1.59 bits per heavy atom. The van der Waals surface area contributed by atoms with Gasteiger partial charge in [0.05, 0.1) is 0 Å². The predicted molar refractivity (Wildman–Crippen MR) is 93.5 cm³/mol. The molecule has 1 saturated heterocycles. The molecule has 1 N–H and O–H groups in total. The Labute approximate surface area is 133 Å². The highest BCUT2D eigenvalue weighted by Gasteiger charge is 2.14. The van der Waals surface area contributed by atoms with Gasteiger partial charge in [0.2, 0.25) is 0 Å². The van der Waals surface area contributed by atoms with Gasteiger partial charge in [-0.3, -0.25) is 4.99 Å². The van der Waals surface area contributed by atoms with Crippen LogP contribution in [-0.4, -0.2) is 18.8 Å². The molecule has 2 nitrogen and oxygen atoms in total. The van der Waals surface area contributed by atoms with Crippen molar-refractivity contribution in [1.29, 1.82) is 0 Å². The molecule has 2 aromatic rings. The summed E-state index contributed by atoms with van der Waals surface area (Å²) in [6.07, 6.45) is 5.00. The Morgan fingerprint density at radius 3 is 2.18 bits per heavy atom. The third-order valence-corrected chi connectivity index (χ3v) is 4.24. The molecule has 0 aromatic heterocycles. The van der Waals surface area contributed by atoms with Crippen LogP contribution in [0.3, 0.4) is 0 Å². The summed E-state index contributed by atoms with van der Waals surface area (Å²) in [4.78, 5) is 4.42. The van der Waals surface area contributed by atoms with Gasteiger partial charge in [-0.25, -0.2) is 0 Å². The van der Waals surface area contributed by atoms with Crippen molar-refractivity contribution < 1.29 is 0 Å². The molecule has 2 heterocycles. The standard InChI is InChI=1S/C10H13N.C10H11N/c2*1-2-5-9(6-3-1)10-7-4-8-11-10/h1-3,5-6,10-11H,4,7-8H2;1-3,5-6H,4,7-8H2. The van der Waals surface area contributed by atoms with Crippen molar-refractivity contribution in [2.24, 2.45) is 4.99 Å². The number of rotatable bonds is 2. The highest BCUT2D eigenvalue weighted by atomic mass is 14.9. The van der Waals surface area contributed by atoms with E-state index < -0.39 is 0 Å². The predicted octanol–water partition coefficient (Wildman–Crippen LogP) is 4.38. The van der Waals surface area contributed by atoms with Crippen LogP contribution in [0.25, 0.3) is 0 Å². The Bertz CT molecular complexity index is 584. The number of hydrogen-bond acceptors (Lipinski definition) is 2. The minimum atomic E-state index is 0.621. The van der Waals surface area contributed by atoms with E-state index in [4.69, 9.17) is 0 Å². The van der Waals surface area contributed by atoms with Crippen molar-refractivity contribution in [3.63, 3.8) is 0 Å². The number of aliphatic imine (C=N–C) groups is 1. The van der Waals surface area contributed by atoms with E-state index in [-0.39, 0.29) is 0 Å². The molecule has 2 heteroatoms. The van der Waals surface area contributed by atoms with Gasteiger partial charge < -0.3 is 5.32 Å². The summed E-state index contributed by atoms with van der Waals surface area (Å²) in [5.74, 6) is 0. The Hall–Kier alpha value is -1.93. The largest absolute Gasteiger partial charge is 0.310 e. The lowest BCUT2D eigenvalue weighted by atomic mass is 10.1. The molecule has 114 valence electrons. The summed E-state index contributed by atoms with van der Waals surface area (Å²) in [5.41, 5.74) is 4.01. The molecule has 0 spiro atoms. The molecule has 1 unspecified atom stereocenters. The Morgan fingerprint density at radius 1 is 0.864 bits per heavy atom. The third kappa shape index (κ3) is 4.05. The summed E-state index contributed by atoms with van der Waals surface area (Å²) < 4.78 is 0. The fourth-order valence-electron chi connectivity index (χ4n) is 3.06. The first-order valence-corrected chi connectivity index (χ1v) is 8.30. The molecular formula is C20H24N2. The zero-order chi connectivity index (χ0) is 15.0. The van der Waals surface area contributed by atoms with Gasteiger partial charge in [-0.1, -0.05) is 60.7 Å². The fraction of sp³-hybridized carbons (Fsp3) is 0.350. The lowest BCUT2D eigenvalue weighted by Gasteiger charge is -2.08. The topological polar surface area (TPSA) is 24.4 Å². The normalized spacial score (nSPS) is 20.2. The second kappa shape index (κ2) is 7.90. The van der Waals surface area contributed by atoms with Crippen LogP contribution in [0.5, 0.6) is 0 Å². The number of benzene rings is 2. The second-order valence-corrected chi connectivity index (χ2v) is 5.86. The fourth-order valence-corrected chi connectivity index (χ4v) is 3.06. The van der Waals surface area contributed by atoms with Gasteiger partial charge in [-0.05, 0) is 43.4 Å². The smallest absolute Gasteiger partial charge is 0.0421 e. The quantitative estimate of drug-likeness (QED) is 0.872.